The number of carbonyl (C=O) groups is 1. The second-order valence-corrected chi connectivity index (χ2v) is 9.02. The molecule has 0 atom stereocenters. The normalized spacial score (nSPS) is 16.2. The molecule has 1 aliphatic rings. The molecule has 1 heterocycles. The monoisotopic (exact) mass is 407 g/mol. The maximum atomic E-state index is 12.5. The molecule has 0 aliphatic carbocycles. The van der Waals surface area contributed by atoms with E-state index >= 15 is 0 Å². The van der Waals surface area contributed by atoms with Crippen LogP contribution in [0.5, 0.6) is 0 Å². The Bertz CT molecular complexity index is 925. The summed E-state index contributed by atoms with van der Waals surface area (Å²) in [5.41, 5.74) is 2.23. The molecule has 1 N–H and O–H groups in total. The van der Waals surface area contributed by atoms with Crippen molar-refractivity contribution in [1.29, 1.82) is 0 Å². The topological polar surface area (TPSA) is 69.7 Å². The number of halogens is 1. The molecular weight excluding hydrogens is 386 g/mol. The van der Waals surface area contributed by atoms with E-state index in [1.54, 1.807) is 30.3 Å². The van der Waals surface area contributed by atoms with E-state index in [9.17, 15) is 13.2 Å². The summed E-state index contributed by atoms with van der Waals surface area (Å²) in [5, 5.41) is 3.41. The van der Waals surface area contributed by atoms with Gasteiger partial charge in [0.15, 0.2) is 0 Å². The average Bonchev–Trinajstić information content (AvgIpc) is 2.62. The number of hydrogen-bond acceptors (Lipinski definition) is 4. The van der Waals surface area contributed by atoms with Crippen LogP contribution in [0.2, 0.25) is 5.02 Å². The summed E-state index contributed by atoms with van der Waals surface area (Å²) >= 11 is 5.95. The Morgan fingerprint density at radius 3 is 2.44 bits per heavy atom. The van der Waals surface area contributed by atoms with Gasteiger partial charge in [0.25, 0.3) is 5.91 Å². The Hall–Kier alpha value is -1.93. The molecule has 3 rings (SSSR count). The fourth-order valence-corrected chi connectivity index (χ4v) is 4.07. The Balaban J connectivity index is 1.61. The van der Waals surface area contributed by atoms with Gasteiger partial charge in [-0.25, -0.2) is 8.42 Å². The minimum atomic E-state index is -3.13. The van der Waals surface area contributed by atoms with Crippen molar-refractivity contribution >= 4 is 33.2 Å². The molecule has 0 bridgehead atoms. The molecule has 2 aromatic rings. The molecule has 2 aromatic carbocycles. The predicted octanol–water partition coefficient (Wildman–Crippen LogP) is 2.67. The zero-order valence-corrected chi connectivity index (χ0v) is 16.6. The molecule has 8 heteroatoms. The Morgan fingerprint density at radius 2 is 1.78 bits per heavy atom. The third-order valence-electron chi connectivity index (χ3n) is 4.48. The highest BCUT2D eigenvalue weighted by molar-refractivity contribution is 7.88. The van der Waals surface area contributed by atoms with Gasteiger partial charge in [0.1, 0.15) is 0 Å². The van der Waals surface area contributed by atoms with Crippen LogP contribution in [0.1, 0.15) is 15.9 Å². The second kappa shape index (κ2) is 8.39. The van der Waals surface area contributed by atoms with E-state index < -0.39 is 10.0 Å². The third kappa shape index (κ3) is 5.52. The lowest BCUT2D eigenvalue weighted by molar-refractivity contribution is 0.102. The average molecular weight is 408 g/mol. The van der Waals surface area contributed by atoms with Gasteiger partial charge in [0, 0.05) is 49.0 Å². The first-order chi connectivity index (χ1) is 12.8. The van der Waals surface area contributed by atoms with E-state index in [2.05, 4.69) is 10.2 Å². The van der Waals surface area contributed by atoms with Gasteiger partial charge in [-0.15, -0.1) is 0 Å². The van der Waals surface area contributed by atoms with Gasteiger partial charge >= 0.3 is 0 Å². The van der Waals surface area contributed by atoms with Crippen LogP contribution >= 0.6 is 11.6 Å². The molecule has 1 fully saturated rings. The maximum Gasteiger partial charge on any atom is 0.255 e. The fourth-order valence-electron chi connectivity index (χ4n) is 3.06. The lowest BCUT2D eigenvalue weighted by Gasteiger charge is -2.33. The number of piperazine rings is 1. The SMILES string of the molecule is CS(=O)(=O)N1CCN(Cc2cccc(C(=O)Nc3cccc(Cl)c3)c2)CC1. The van der Waals surface area contributed by atoms with Crippen LogP contribution in [-0.2, 0) is 16.6 Å². The molecule has 0 aromatic heterocycles. The lowest BCUT2D eigenvalue weighted by Crippen LogP contribution is -2.47. The number of carbonyl (C=O) groups excluding carboxylic acids is 1. The summed E-state index contributed by atoms with van der Waals surface area (Å²) in [6, 6.07) is 14.5. The molecule has 1 amide bonds. The first-order valence-electron chi connectivity index (χ1n) is 8.64. The highest BCUT2D eigenvalue weighted by Crippen LogP contribution is 2.17. The second-order valence-electron chi connectivity index (χ2n) is 6.60. The van der Waals surface area contributed by atoms with Crippen LogP contribution in [-0.4, -0.2) is 56.0 Å². The van der Waals surface area contributed by atoms with Crippen molar-refractivity contribution in [2.45, 2.75) is 6.54 Å². The Morgan fingerprint density at radius 1 is 1.07 bits per heavy atom. The van der Waals surface area contributed by atoms with E-state index in [-0.39, 0.29) is 5.91 Å². The molecule has 144 valence electrons. The Kier molecular flexibility index (Phi) is 6.16. The van der Waals surface area contributed by atoms with Gasteiger partial charge < -0.3 is 5.32 Å². The van der Waals surface area contributed by atoms with Gasteiger partial charge in [-0.05, 0) is 35.9 Å². The van der Waals surface area contributed by atoms with E-state index in [1.807, 2.05) is 18.2 Å². The molecule has 1 saturated heterocycles. The number of amides is 1. The number of benzene rings is 2. The zero-order chi connectivity index (χ0) is 19.4. The molecular formula is C19H22ClN3O3S. The minimum Gasteiger partial charge on any atom is -0.322 e. The molecule has 0 radical (unpaired) electrons. The summed E-state index contributed by atoms with van der Waals surface area (Å²) in [6.07, 6.45) is 1.24. The standard InChI is InChI=1S/C19H22ClN3O3S/c1-27(25,26)23-10-8-22(9-11-23)14-15-4-2-5-16(12-15)19(24)21-18-7-3-6-17(20)13-18/h2-7,12-13H,8-11,14H2,1H3,(H,21,24). The van der Waals surface area contributed by atoms with Crippen molar-refractivity contribution in [3.63, 3.8) is 0 Å². The van der Waals surface area contributed by atoms with Gasteiger partial charge in [-0.1, -0.05) is 29.8 Å². The van der Waals surface area contributed by atoms with Gasteiger partial charge in [0.05, 0.1) is 6.26 Å². The summed E-state index contributed by atoms with van der Waals surface area (Å²) in [6.45, 7) is 3.01. The maximum absolute atomic E-state index is 12.5. The first-order valence-corrected chi connectivity index (χ1v) is 10.9. The summed E-state index contributed by atoms with van der Waals surface area (Å²) in [5.74, 6) is -0.194. The zero-order valence-electron chi connectivity index (χ0n) is 15.1. The molecule has 0 saturated carbocycles. The van der Waals surface area contributed by atoms with E-state index in [0.717, 1.165) is 5.56 Å². The minimum absolute atomic E-state index is 0.194. The largest absolute Gasteiger partial charge is 0.322 e. The summed E-state index contributed by atoms with van der Waals surface area (Å²) in [7, 11) is -3.13. The fraction of sp³-hybridized carbons (Fsp3) is 0.316. The molecule has 1 aliphatic heterocycles. The number of rotatable bonds is 5. The number of sulfonamides is 1. The quantitative estimate of drug-likeness (QED) is 0.827. The van der Waals surface area contributed by atoms with Gasteiger partial charge in [-0.3, -0.25) is 9.69 Å². The number of nitrogens with one attached hydrogen (secondary N) is 1. The first kappa shape index (κ1) is 19.8. The van der Waals surface area contributed by atoms with E-state index in [0.29, 0.717) is 49.0 Å². The summed E-state index contributed by atoms with van der Waals surface area (Å²) < 4.78 is 24.7. The van der Waals surface area contributed by atoms with Gasteiger partial charge in [0.2, 0.25) is 10.0 Å². The van der Waals surface area contributed by atoms with Crippen molar-refractivity contribution in [2.75, 3.05) is 37.8 Å². The predicted molar refractivity (Wildman–Crippen MR) is 108 cm³/mol. The van der Waals surface area contributed by atoms with Crippen LogP contribution in [0.4, 0.5) is 5.69 Å². The van der Waals surface area contributed by atoms with Crippen molar-refractivity contribution in [2.24, 2.45) is 0 Å². The summed E-state index contributed by atoms with van der Waals surface area (Å²) in [4.78, 5) is 14.7. The van der Waals surface area contributed by atoms with Crippen LogP contribution in [0.15, 0.2) is 48.5 Å². The van der Waals surface area contributed by atoms with Crippen LogP contribution in [0, 0.1) is 0 Å². The molecule has 0 spiro atoms. The van der Waals surface area contributed by atoms with Gasteiger partial charge in [-0.2, -0.15) is 4.31 Å². The third-order valence-corrected chi connectivity index (χ3v) is 6.02. The molecule has 27 heavy (non-hydrogen) atoms. The van der Waals surface area contributed by atoms with Crippen molar-refractivity contribution in [3.05, 3.63) is 64.7 Å². The smallest absolute Gasteiger partial charge is 0.255 e. The van der Waals surface area contributed by atoms with Crippen molar-refractivity contribution in [1.82, 2.24) is 9.21 Å². The number of anilines is 1. The Labute approximate surface area is 164 Å². The lowest BCUT2D eigenvalue weighted by atomic mass is 10.1. The molecule has 6 nitrogen and oxygen atoms in total. The van der Waals surface area contributed by atoms with E-state index in [4.69, 9.17) is 11.6 Å². The highest BCUT2D eigenvalue weighted by atomic mass is 35.5. The molecule has 0 unspecified atom stereocenters. The van der Waals surface area contributed by atoms with Crippen molar-refractivity contribution < 1.29 is 13.2 Å². The van der Waals surface area contributed by atoms with Crippen molar-refractivity contribution in [3.8, 4) is 0 Å². The number of nitrogens with zero attached hydrogens (tertiary/aromatic N) is 2. The number of hydrogen-bond donors (Lipinski definition) is 1. The highest BCUT2D eigenvalue weighted by Gasteiger charge is 2.23. The van der Waals surface area contributed by atoms with Crippen LogP contribution in [0.3, 0.4) is 0 Å². The van der Waals surface area contributed by atoms with Crippen LogP contribution < -0.4 is 5.32 Å². The van der Waals surface area contributed by atoms with Crippen LogP contribution in [0.25, 0.3) is 0 Å². The van der Waals surface area contributed by atoms with E-state index in [1.165, 1.54) is 10.6 Å².